The fourth-order valence-electron chi connectivity index (χ4n) is 2.66. The molecule has 0 atom stereocenters. The molecule has 0 saturated heterocycles. The third-order valence-electron chi connectivity index (χ3n) is 3.93. The predicted octanol–water partition coefficient (Wildman–Crippen LogP) is 3.40. The van der Waals surface area contributed by atoms with Crippen LogP contribution in [0.1, 0.15) is 85.0 Å². The fraction of sp³-hybridized carbons (Fsp3) is 0.875. The number of Topliss-reactive ketones (excluding diaryl/α,β-unsaturated/α-hetero) is 1. The molecule has 3 nitrogen and oxygen atoms in total. The van der Waals surface area contributed by atoms with E-state index in [2.05, 4.69) is 20.8 Å². The van der Waals surface area contributed by atoms with Crippen molar-refractivity contribution < 1.29 is 14.7 Å². The molecule has 0 aliphatic carbocycles. The zero-order valence-electron chi connectivity index (χ0n) is 12.8. The summed E-state index contributed by atoms with van der Waals surface area (Å²) in [6, 6.07) is 0. The normalized spacial score (nSPS) is 10.9. The molecule has 0 rings (SSSR count). The number of hydrogen-bond donors (Lipinski definition) is 1. The van der Waals surface area contributed by atoms with Crippen LogP contribution in [0.15, 0.2) is 0 Å². The van der Waals surface area contributed by atoms with E-state index in [1.165, 1.54) is 0 Å². The molecule has 0 aromatic heterocycles. The standard InChI is InChI=1S/C16H30O3.Al.3H/c1-4-7-10-16(11-8-5-2,12-9-6-3)14(17)13-15(18)19;;;;/h4-13H2,1-3H3,(H,18,19);;;;. The summed E-state index contributed by atoms with van der Waals surface area (Å²) in [5, 5.41) is 8.90. The van der Waals surface area contributed by atoms with Crippen molar-refractivity contribution in [2.24, 2.45) is 5.41 Å². The molecule has 0 bridgehead atoms. The molecule has 0 aliphatic heterocycles. The molecule has 0 aliphatic rings. The van der Waals surface area contributed by atoms with E-state index in [4.69, 9.17) is 5.11 Å². The minimum absolute atomic E-state index is 0. The number of carboxylic acid groups (broad SMARTS) is 1. The van der Waals surface area contributed by atoms with Gasteiger partial charge in [0, 0.05) is 5.41 Å². The molecule has 0 spiro atoms. The minimum atomic E-state index is -0.987. The van der Waals surface area contributed by atoms with Gasteiger partial charge in [-0.05, 0) is 19.3 Å². The third kappa shape index (κ3) is 8.07. The first kappa shape index (κ1) is 22.0. The Kier molecular flexibility index (Phi) is 13.6. The zero-order valence-corrected chi connectivity index (χ0v) is 12.8. The highest BCUT2D eigenvalue weighted by molar-refractivity contribution is 5.98. The summed E-state index contributed by atoms with van der Waals surface area (Å²) < 4.78 is 0. The Bertz CT molecular complexity index is 255. The summed E-state index contributed by atoms with van der Waals surface area (Å²) in [7, 11) is 0. The van der Waals surface area contributed by atoms with Crippen LogP contribution in [0.25, 0.3) is 0 Å². The van der Waals surface area contributed by atoms with Crippen LogP contribution in [0.3, 0.4) is 0 Å². The second-order valence-corrected chi connectivity index (χ2v) is 5.58. The van der Waals surface area contributed by atoms with E-state index in [-0.39, 0.29) is 35.0 Å². The topological polar surface area (TPSA) is 54.4 Å². The molecule has 0 saturated carbocycles. The SMILES string of the molecule is CCCCC(CCCC)(CCCC)C(=O)CC(=O)O.[AlH3]. The lowest BCUT2D eigenvalue weighted by molar-refractivity contribution is -0.143. The van der Waals surface area contributed by atoms with E-state index < -0.39 is 5.97 Å². The molecule has 0 radical (unpaired) electrons. The van der Waals surface area contributed by atoms with Gasteiger partial charge in [-0.15, -0.1) is 0 Å². The lowest BCUT2D eigenvalue weighted by Gasteiger charge is -2.32. The van der Waals surface area contributed by atoms with Crippen LogP contribution < -0.4 is 0 Å². The molecule has 20 heavy (non-hydrogen) atoms. The van der Waals surface area contributed by atoms with Crippen LogP contribution in [0.5, 0.6) is 0 Å². The van der Waals surface area contributed by atoms with Gasteiger partial charge in [0.1, 0.15) is 12.2 Å². The molecule has 0 heterocycles. The highest BCUT2D eigenvalue weighted by atomic mass is 27.0. The van der Waals surface area contributed by atoms with Crippen molar-refractivity contribution in [1.82, 2.24) is 0 Å². The van der Waals surface area contributed by atoms with Gasteiger partial charge in [0.05, 0.1) is 0 Å². The van der Waals surface area contributed by atoms with Crippen molar-refractivity contribution >= 4 is 29.1 Å². The van der Waals surface area contributed by atoms with Gasteiger partial charge < -0.3 is 5.11 Å². The lowest BCUT2D eigenvalue weighted by atomic mass is 9.70. The maximum Gasteiger partial charge on any atom is 0.310 e. The summed E-state index contributed by atoms with van der Waals surface area (Å²) in [6.07, 6.45) is 8.47. The monoisotopic (exact) mass is 300 g/mol. The number of unbranched alkanes of at least 4 members (excludes halogenated alkanes) is 3. The van der Waals surface area contributed by atoms with Crippen molar-refractivity contribution in [1.29, 1.82) is 0 Å². The molecule has 0 aromatic rings. The first-order chi connectivity index (χ1) is 9.02. The van der Waals surface area contributed by atoms with E-state index in [0.29, 0.717) is 0 Å². The zero-order chi connectivity index (χ0) is 14.7. The van der Waals surface area contributed by atoms with E-state index in [9.17, 15) is 9.59 Å². The van der Waals surface area contributed by atoms with Crippen molar-refractivity contribution in [2.45, 2.75) is 85.0 Å². The number of carboxylic acids is 1. The summed E-state index contributed by atoms with van der Waals surface area (Å²) in [6.45, 7) is 6.35. The lowest BCUT2D eigenvalue weighted by Crippen LogP contribution is -2.33. The molecular formula is C16H33AlO3. The van der Waals surface area contributed by atoms with Crippen molar-refractivity contribution in [2.75, 3.05) is 0 Å². The Morgan fingerprint density at radius 1 is 0.850 bits per heavy atom. The van der Waals surface area contributed by atoms with Gasteiger partial charge >= 0.3 is 5.97 Å². The van der Waals surface area contributed by atoms with Crippen molar-refractivity contribution in [3.05, 3.63) is 0 Å². The second-order valence-electron chi connectivity index (χ2n) is 5.58. The summed E-state index contributed by atoms with van der Waals surface area (Å²) in [5.41, 5.74) is -0.375. The second kappa shape index (κ2) is 12.4. The van der Waals surface area contributed by atoms with E-state index in [0.717, 1.165) is 57.8 Å². The van der Waals surface area contributed by atoms with Gasteiger partial charge in [0.2, 0.25) is 0 Å². The first-order valence-corrected chi connectivity index (χ1v) is 7.77. The van der Waals surface area contributed by atoms with E-state index >= 15 is 0 Å². The maximum atomic E-state index is 12.4. The molecule has 4 heteroatoms. The fourth-order valence-corrected chi connectivity index (χ4v) is 2.66. The van der Waals surface area contributed by atoms with Crippen LogP contribution in [0, 0.1) is 5.41 Å². The largest absolute Gasteiger partial charge is 0.481 e. The number of carbonyl (C=O) groups is 2. The van der Waals surface area contributed by atoms with Gasteiger partial charge in [-0.3, -0.25) is 9.59 Å². The van der Waals surface area contributed by atoms with Gasteiger partial charge in [-0.25, -0.2) is 0 Å². The van der Waals surface area contributed by atoms with Crippen LogP contribution in [0.4, 0.5) is 0 Å². The van der Waals surface area contributed by atoms with Gasteiger partial charge in [-0.2, -0.15) is 0 Å². The average Bonchev–Trinajstić information content (AvgIpc) is 2.37. The molecule has 118 valence electrons. The molecule has 0 unspecified atom stereocenters. The Morgan fingerprint density at radius 2 is 1.20 bits per heavy atom. The predicted molar refractivity (Wildman–Crippen MR) is 88.2 cm³/mol. The molecule has 0 amide bonds. The number of aliphatic carboxylic acids is 1. The van der Waals surface area contributed by atoms with E-state index in [1.54, 1.807) is 0 Å². The molecule has 1 N–H and O–H groups in total. The number of carbonyl (C=O) groups excluding carboxylic acids is 1. The van der Waals surface area contributed by atoms with Gasteiger partial charge in [0.15, 0.2) is 17.4 Å². The quantitative estimate of drug-likeness (QED) is 0.444. The summed E-state index contributed by atoms with van der Waals surface area (Å²) in [5.74, 6) is -1.03. The summed E-state index contributed by atoms with van der Waals surface area (Å²) in [4.78, 5) is 23.3. The van der Waals surface area contributed by atoms with Crippen LogP contribution in [-0.2, 0) is 9.59 Å². The Labute approximate surface area is 134 Å². The molecule has 0 fully saturated rings. The highest BCUT2D eigenvalue weighted by Crippen LogP contribution is 2.38. The van der Waals surface area contributed by atoms with Crippen LogP contribution in [0.2, 0.25) is 0 Å². The van der Waals surface area contributed by atoms with Crippen molar-refractivity contribution in [3.63, 3.8) is 0 Å². The Balaban J connectivity index is 0. The van der Waals surface area contributed by atoms with Crippen molar-refractivity contribution in [3.8, 4) is 0 Å². The number of hydrogen-bond acceptors (Lipinski definition) is 2. The van der Waals surface area contributed by atoms with Gasteiger partial charge in [-0.1, -0.05) is 59.3 Å². The van der Waals surface area contributed by atoms with Gasteiger partial charge in [0.25, 0.3) is 0 Å². The number of rotatable bonds is 12. The first-order valence-electron chi connectivity index (χ1n) is 7.77. The molecule has 0 aromatic carbocycles. The van der Waals surface area contributed by atoms with Crippen LogP contribution >= 0.6 is 0 Å². The summed E-state index contributed by atoms with van der Waals surface area (Å²) >= 11 is 0. The highest BCUT2D eigenvalue weighted by Gasteiger charge is 2.36. The van der Waals surface area contributed by atoms with E-state index in [1.807, 2.05) is 0 Å². The number of ketones is 1. The maximum absolute atomic E-state index is 12.4. The average molecular weight is 300 g/mol. The molecular weight excluding hydrogens is 267 g/mol. The Hall–Kier alpha value is -0.328. The Morgan fingerprint density at radius 3 is 1.45 bits per heavy atom. The third-order valence-corrected chi connectivity index (χ3v) is 3.93. The smallest absolute Gasteiger partial charge is 0.310 e. The minimum Gasteiger partial charge on any atom is -0.481 e. The van der Waals surface area contributed by atoms with Crippen LogP contribution in [-0.4, -0.2) is 34.2 Å².